The number of nitrogens with zero attached hydrogens (tertiary/aromatic N) is 3. The molecule has 1 fully saturated rings. The van der Waals surface area contributed by atoms with Gasteiger partial charge in [-0.2, -0.15) is 0 Å². The smallest absolute Gasteiger partial charge is 0.326 e. The van der Waals surface area contributed by atoms with Crippen molar-refractivity contribution in [2.24, 2.45) is 5.73 Å². The van der Waals surface area contributed by atoms with Crippen LogP contribution < -0.4 is 5.73 Å². The molecule has 3 N–H and O–H groups in total. The summed E-state index contributed by atoms with van der Waals surface area (Å²) in [7, 11) is 0. The molecule has 0 spiro atoms. The fourth-order valence-electron chi connectivity index (χ4n) is 2.60. The normalized spacial score (nSPS) is 22.2. The summed E-state index contributed by atoms with van der Waals surface area (Å²) in [5, 5.41) is 9.12. The SMILES string of the molecule is CCc1nccn1CCC(=O)N1C[C@@H](N)C[C@H]1C(=O)O. The third-order valence-corrected chi connectivity index (χ3v) is 3.62. The number of carbonyl (C=O) groups is 2. The van der Waals surface area contributed by atoms with Gasteiger partial charge in [0.15, 0.2) is 0 Å². The number of hydrogen-bond acceptors (Lipinski definition) is 4. The molecule has 0 radical (unpaired) electrons. The molecular weight excluding hydrogens is 260 g/mol. The molecule has 7 nitrogen and oxygen atoms in total. The topological polar surface area (TPSA) is 101 Å². The van der Waals surface area contributed by atoms with Crippen LogP contribution in [-0.4, -0.2) is 50.1 Å². The first-order chi connectivity index (χ1) is 9.52. The highest BCUT2D eigenvalue weighted by atomic mass is 16.4. The third kappa shape index (κ3) is 2.98. The van der Waals surface area contributed by atoms with E-state index in [9.17, 15) is 9.59 Å². The number of hydrogen-bond donors (Lipinski definition) is 2. The van der Waals surface area contributed by atoms with Crippen molar-refractivity contribution in [2.45, 2.75) is 44.8 Å². The summed E-state index contributed by atoms with van der Waals surface area (Å²) >= 11 is 0. The molecule has 110 valence electrons. The van der Waals surface area contributed by atoms with Crippen LogP contribution in [-0.2, 0) is 22.6 Å². The number of aliphatic carboxylic acids is 1. The maximum absolute atomic E-state index is 12.2. The number of likely N-dealkylation sites (tertiary alicyclic amines) is 1. The van der Waals surface area contributed by atoms with Crippen LogP contribution in [0.25, 0.3) is 0 Å². The third-order valence-electron chi connectivity index (χ3n) is 3.62. The summed E-state index contributed by atoms with van der Waals surface area (Å²) in [6, 6.07) is -1.04. The summed E-state index contributed by atoms with van der Waals surface area (Å²) in [6.07, 6.45) is 4.92. The van der Waals surface area contributed by atoms with Gasteiger partial charge in [0.1, 0.15) is 11.9 Å². The molecule has 2 rings (SSSR count). The Morgan fingerprint density at radius 1 is 1.55 bits per heavy atom. The average Bonchev–Trinajstić information content (AvgIpc) is 3.01. The zero-order chi connectivity index (χ0) is 14.7. The Morgan fingerprint density at radius 3 is 2.95 bits per heavy atom. The highest BCUT2D eigenvalue weighted by Crippen LogP contribution is 2.18. The molecule has 1 aromatic heterocycles. The van der Waals surface area contributed by atoms with Crippen molar-refractivity contribution in [3.8, 4) is 0 Å². The number of aromatic nitrogens is 2. The van der Waals surface area contributed by atoms with Crippen molar-refractivity contribution >= 4 is 11.9 Å². The predicted octanol–water partition coefficient (Wildman–Crippen LogP) is -0.152. The second kappa shape index (κ2) is 6.04. The van der Waals surface area contributed by atoms with Crippen LogP contribution in [0.2, 0.25) is 0 Å². The Labute approximate surface area is 117 Å². The average molecular weight is 280 g/mol. The van der Waals surface area contributed by atoms with E-state index in [1.165, 1.54) is 4.90 Å². The predicted molar refractivity (Wildman–Crippen MR) is 72.0 cm³/mol. The Morgan fingerprint density at radius 2 is 2.30 bits per heavy atom. The molecule has 1 aliphatic rings. The number of rotatable bonds is 5. The van der Waals surface area contributed by atoms with Gasteiger partial charge in [-0.05, 0) is 6.42 Å². The van der Waals surface area contributed by atoms with Crippen LogP contribution in [0.1, 0.15) is 25.6 Å². The van der Waals surface area contributed by atoms with Gasteiger partial charge in [0.2, 0.25) is 5.91 Å². The first-order valence-electron chi connectivity index (χ1n) is 6.80. The molecule has 0 saturated carbocycles. The zero-order valence-corrected chi connectivity index (χ0v) is 11.5. The molecule has 1 aliphatic heterocycles. The van der Waals surface area contributed by atoms with Crippen LogP contribution in [0.5, 0.6) is 0 Å². The number of carbonyl (C=O) groups excluding carboxylic acids is 1. The minimum atomic E-state index is -0.983. The van der Waals surface area contributed by atoms with Crippen LogP contribution >= 0.6 is 0 Å². The van der Waals surface area contributed by atoms with Gasteiger partial charge in [0.25, 0.3) is 0 Å². The fraction of sp³-hybridized carbons (Fsp3) is 0.615. The summed E-state index contributed by atoms with van der Waals surface area (Å²) in [6.45, 7) is 2.83. The van der Waals surface area contributed by atoms with Crippen LogP contribution in [0, 0.1) is 0 Å². The molecular formula is C13H20N4O3. The molecule has 7 heteroatoms. The zero-order valence-electron chi connectivity index (χ0n) is 11.5. The lowest BCUT2D eigenvalue weighted by Gasteiger charge is -2.21. The molecule has 0 unspecified atom stereocenters. The van der Waals surface area contributed by atoms with Gasteiger partial charge in [-0.25, -0.2) is 9.78 Å². The number of imidazole rings is 1. The Hall–Kier alpha value is -1.89. The second-order valence-electron chi connectivity index (χ2n) is 5.04. The number of carboxylic acid groups (broad SMARTS) is 1. The van der Waals surface area contributed by atoms with Gasteiger partial charge in [0.05, 0.1) is 0 Å². The second-order valence-corrected chi connectivity index (χ2v) is 5.04. The van der Waals surface area contributed by atoms with Gasteiger partial charge in [-0.1, -0.05) is 6.92 Å². The lowest BCUT2D eigenvalue weighted by atomic mass is 10.2. The van der Waals surface area contributed by atoms with Gasteiger partial charge in [0, 0.05) is 44.4 Å². The van der Waals surface area contributed by atoms with E-state index < -0.39 is 12.0 Å². The van der Waals surface area contributed by atoms with E-state index in [1.54, 1.807) is 6.20 Å². The molecule has 0 aromatic carbocycles. The van der Waals surface area contributed by atoms with E-state index in [4.69, 9.17) is 10.8 Å². The molecule has 1 saturated heterocycles. The lowest BCUT2D eigenvalue weighted by Crippen LogP contribution is -2.41. The number of carboxylic acids is 1. The van der Waals surface area contributed by atoms with Crippen LogP contribution in [0.4, 0.5) is 0 Å². The van der Waals surface area contributed by atoms with Crippen molar-refractivity contribution in [2.75, 3.05) is 6.54 Å². The first kappa shape index (κ1) is 14.5. The highest BCUT2D eigenvalue weighted by molar-refractivity contribution is 5.84. The fourth-order valence-corrected chi connectivity index (χ4v) is 2.60. The minimum absolute atomic E-state index is 0.166. The van der Waals surface area contributed by atoms with Crippen molar-refractivity contribution < 1.29 is 14.7 Å². The quantitative estimate of drug-likeness (QED) is 0.781. The van der Waals surface area contributed by atoms with E-state index in [1.807, 2.05) is 17.7 Å². The van der Waals surface area contributed by atoms with E-state index in [0.29, 0.717) is 19.5 Å². The van der Waals surface area contributed by atoms with Gasteiger partial charge in [-0.3, -0.25) is 4.79 Å². The Balaban J connectivity index is 1.96. The highest BCUT2D eigenvalue weighted by Gasteiger charge is 2.37. The van der Waals surface area contributed by atoms with E-state index >= 15 is 0 Å². The standard InChI is InChI=1S/C13H20N4O3/c1-2-11-15-4-6-16(11)5-3-12(18)17-8-9(14)7-10(17)13(19)20/h4,6,9-10H,2-3,5,7-8,14H2,1H3,(H,19,20)/t9-,10-/m0/s1. The summed E-state index contributed by atoms with van der Waals surface area (Å²) in [5.74, 6) is -0.227. The molecule has 0 aliphatic carbocycles. The Kier molecular flexibility index (Phi) is 4.39. The minimum Gasteiger partial charge on any atom is -0.480 e. The van der Waals surface area contributed by atoms with Gasteiger partial charge < -0.3 is 20.3 Å². The molecule has 2 atom stereocenters. The van der Waals surface area contributed by atoms with E-state index in [-0.39, 0.29) is 18.4 Å². The summed E-state index contributed by atoms with van der Waals surface area (Å²) < 4.78 is 1.92. The summed E-state index contributed by atoms with van der Waals surface area (Å²) in [5.41, 5.74) is 5.76. The first-order valence-corrected chi connectivity index (χ1v) is 6.80. The Bertz CT molecular complexity index is 500. The van der Waals surface area contributed by atoms with Crippen LogP contribution in [0.15, 0.2) is 12.4 Å². The monoisotopic (exact) mass is 280 g/mol. The largest absolute Gasteiger partial charge is 0.480 e. The van der Waals surface area contributed by atoms with Crippen molar-refractivity contribution in [1.82, 2.24) is 14.5 Å². The van der Waals surface area contributed by atoms with Crippen LogP contribution in [0.3, 0.4) is 0 Å². The molecule has 20 heavy (non-hydrogen) atoms. The molecule has 1 amide bonds. The molecule has 1 aromatic rings. The molecule has 0 bridgehead atoms. The van der Waals surface area contributed by atoms with Gasteiger partial charge in [-0.15, -0.1) is 0 Å². The van der Waals surface area contributed by atoms with Crippen molar-refractivity contribution in [1.29, 1.82) is 0 Å². The number of aryl methyl sites for hydroxylation is 2. The number of nitrogens with two attached hydrogens (primary N) is 1. The van der Waals surface area contributed by atoms with E-state index in [2.05, 4.69) is 4.98 Å². The summed E-state index contributed by atoms with van der Waals surface area (Å²) in [4.78, 5) is 28.9. The lowest BCUT2D eigenvalue weighted by molar-refractivity contribution is -0.148. The molecule has 2 heterocycles. The van der Waals surface area contributed by atoms with E-state index in [0.717, 1.165) is 12.2 Å². The van der Waals surface area contributed by atoms with Crippen molar-refractivity contribution in [3.63, 3.8) is 0 Å². The number of amides is 1. The van der Waals surface area contributed by atoms with Gasteiger partial charge >= 0.3 is 5.97 Å². The van der Waals surface area contributed by atoms with Crippen molar-refractivity contribution in [3.05, 3.63) is 18.2 Å². The maximum atomic E-state index is 12.2. The maximum Gasteiger partial charge on any atom is 0.326 e.